The fraction of sp³-hybridized carbons (Fsp3) is 0.500. The van der Waals surface area contributed by atoms with Crippen molar-refractivity contribution in [3.05, 3.63) is 17.0 Å². The lowest BCUT2D eigenvalue weighted by Crippen LogP contribution is -2.27. The number of nitrogens with zero attached hydrogens (tertiary/aromatic N) is 2. The van der Waals surface area contributed by atoms with E-state index in [0.29, 0.717) is 0 Å². The van der Waals surface area contributed by atoms with Crippen molar-refractivity contribution in [3.63, 3.8) is 0 Å². The Morgan fingerprint density at radius 2 is 2.00 bits per heavy atom. The summed E-state index contributed by atoms with van der Waals surface area (Å²) in [6.45, 7) is 1.31. The lowest BCUT2D eigenvalue weighted by Gasteiger charge is -2.27. The van der Waals surface area contributed by atoms with Gasteiger partial charge < -0.3 is 5.21 Å². The molecule has 1 heterocycles. The molecule has 1 unspecified atom stereocenters. The molecular formula is C6H7F3N2O. The summed E-state index contributed by atoms with van der Waals surface area (Å²) in [6.07, 6.45) is -3.77. The van der Waals surface area contributed by atoms with E-state index in [1.165, 1.54) is 6.92 Å². The molecule has 0 N–H and O–H groups in total. The standard InChI is InChI=1S/C6H7F3N2O/c1-4-3-5(6(7,8)9)10-11(4,2)12/h3H,1-2H3. The molecule has 0 fully saturated rings. The Kier molecular flexibility index (Phi) is 1.77. The van der Waals surface area contributed by atoms with Gasteiger partial charge in [-0.3, -0.25) is 0 Å². The van der Waals surface area contributed by atoms with Crippen LogP contribution in [0.4, 0.5) is 13.2 Å². The zero-order valence-electron chi connectivity index (χ0n) is 6.51. The van der Waals surface area contributed by atoms with Crippen LogP contribution in [-0.2, 0) is 0 Å². The monoisotopic (exact) mass is 180 g/mol. The molecule has 1 aliphatic rings. The van der Waals surface area contributed by atoms with Crippen LogP contribution in [0.25, 0.3) is 0 Å². The van der Waals surface area contributed by atoms with Crippen LogP contribution in [-0.4, -0.2) is 23.7 Å². The van der Waals surface area contributed by atoms with Gasteiger partial charge >= 0.3 is 6.18 Å². The number of quaternary nitrogens is 1. The number of hydrogen-bond donors (Lipinski definition) is 0. The van der Waals surface area contributed by atoms with E-state index in [1.54, 1.807) is 0 Å². The van der Waals surface area contributed by atoms with Crippen LogP contribution in [0.3, 0.4) is 0 Å². The van der Waals surface area contributed by atoms with Crippen LogP contribution < -0.4 is 0 Å². The molecule has 0 amide bonds. The molecule has 0 spiro atoms. The Balaban J connectivity index is 3.02. The molecule has 1 rings (SSSR count). The minimum atomic E-state index is -4.53. The Hall–Kier alpha value is -0.880. The SMILES string of the molecule is CC1=CC(C(F)(F)F)=N[N+]1(C)[O-]. The Labute approximate surface area is 66.9 Å². The van der Waals surface area contributed by atoms with Gasteiger partial charge in [0, 0.05) is 13.0 Å². The molecule has 1 aliphatic heterocycles. The molecule has 0 saturated carbocycles. The Morgan fingerprint density at radius 3 is 2.17 bits per heavy atom. The van der Waals surface area contributed by atoms with Gasteiger partial charge in [-0.05, 0) is 0 Å². The third-order valence-corrected chi connectivity index (χ3v) is 1.59. The first-order valence-corrected chi connectivity index (χ1v) is 3.17. The Morgan fingerprint density at radius 1 is 1.50 bits per heavy atom. The summed E-state index contributed by atoms with van der Waals surface area (Å²) in [6, 6.07) is 0. The zero-order chi connectivity index (χ0) is 9.57. The highest BCUT2D eigenvalue weighted by atomic mass is 19.4. The number of halogens is 3. The molecule has 0 aromatic carbocycles. The number of alkyl halides is 3. The lowest BCUT2D eigenvalue weighted by atomic mass is 10.3. The fourth-order valence-corrected chi connectivity index (χ4v) is 0.769. The summed E-state index contributed by atoms with van der Waals surface area (Å²) >= 11 is 0. The fourth-order valence-electron chi connectivity index (χ4n) is 0.769. The first kappa shape index (κ1) is 9.21. The highest BCUT2D eigenvalue weighted by molar-refractivity contribution is 6.00. The largest absolute Gasteiger partial charge is 0.600 e. The van der Waals surface area contributed by atoms with Gasteiger partial charge in [-0.15, -0.1) is 0 Å². The second-order valence-corrected chi connectivity index (χ2v) is 2.65. The van der Waals surface area contributed by atoms with Crippen molar-refractivity contribution in [1.82, 2.24) is 0 Å². The van der Waals surface area contributed by atoms with Crippen molar-refractivity contribution in [1.29, 1.82) is 0 Å². The van der Waals surface area contributed by atoms with E-state index in [-0.39, 0.29) is 5.70 Å². The molecule has 0 aliphatic carbocycles. The Bertz CT molecular complexity index is 264. The molecule has 1 atom stereocenters. The van der Waals surface area contributed by atoms with E-state index in [9.17, 15) is 18.4 Å². The first-order chi connectivity index (χ1) is 5.23. The van der Waals surface area contributed by atoms with Gasteiger partial charge in [0.1, 0.15) is 5.70 Å². The van der Waals surface area contributed by atoms with Crippen LogP contribution in [0.1, 0.15) is 6.92 Å². The lowest BCUT2D eigenvalue weighted by molar-refractivity contribution is -0.825. The smallest absolute Gasteiger partial charge is 0.438 e. The highest BCUT2D eigenvalue weighted by Gasteiger charge is 2.41. The molecule has 3 nitrogen and oxygen atoms in total. The maximum absolute atomic E-state index is 12.0. The summed E-state index contributed by atoms with van der Waals surface area (Å²) in [5.41, 5.74) is -1.08. The van der Waals surface area contributed by atoms with Crippen molar-refractivity contribution < 1.29 is 17.9 Å². The van der Waals surface area contributed by atoms with E-state index in [2.05, 4.69) is 5.10 Å². The van der Waals surface area contributed by atoms with Crippen LogP contribution in [0.5, 0.6) is 0 Å². The van der Waals surface area contributed by atoms with Crippen LogP contribution in [0.2, 0.25) is 0 Å². The van der Waals surface area contributed by atoms with Crippen molar-refractivity contribution in [2.24, 2.45) is 5.10 Å². The topological polar surface area (TPSA) is 35.4 Å². The van der Waals surface area contributed by atoms with Crippen molar-refractivity contribution >= 4 is 5.71 Å². The maximum atomic E-state index is 12.0. The van der Waals surface area contributed by atoms with Crippen LogP contribution >= 0.6 is 0 Å². The molecule has 0 saturated heterocycles. The zero-order valence-corrected chi connectivity index (χ0v) is 6.51. The summed E-state index contributed by atoms with van der Waals surface area (Å²) in [4.78, 5) is 0. The molecule has 0 aromatic rings. The summed E-state index contributed by atoms with van der Waals surface area (Å²) in [5.74, 6) is 0. The quantitative estimate of drug-likeness (QED) is 0.413. The van der Waals surface area contributed by atoms with Crippen molar-refractivity contribution in [2.45, 2.75) is 13.1 Å². The van der Waals surface area contributed by atoms with Gasteiger partial charge in [-0.2, -0.15) is 13.2 Å². The molecular weight excluding hydrogens is 173 g/mol. The summed E-state index contributed by atoms with van der Waals surface area (Å²) in [7, 11) is 1.05. The van der Waals surface area contributed by atoms with E-state index in [4.69, 9.17) is 0 Å². The number of hydroxylamine groups is 2. The van der Waals surface area contributed by atoms with Gasteiger partial charge in [-0.25, -0.2) is 4.76 Å². The first-order valence-electron chi connectivity index (χ1n) is 3.17. The van der Waals surface area contributed by atoms with Gasteiger partial charge in [0.05, 0.1) is 7.05 Å². The van der Waals surface area contributed by atoms with E-state index in [0.717, 1.165) is 13.1 Å². The number of allylic oxidation sites excluding steroid dienone is 2. The molecule has 0 bridgehead atoms. The average molecular weight is 180 g/mol. The van der Waals surface area contributed by atoms with E-state index < -0.39 is 16.6 Å². The molecule has 12 heavy (non-hydrogen) atoms. The van der Waals surface area contributed by atoms with Crippen molar-refractivity contribution in [3.8, 4) is 0 Å². The van der Waals surface area contributed by atoms with Gasteiger partial charge in [0.2, 0.25) is 5.71 Å². The second kappa shape index (κ2) is 2.30. The molecule has 0 radical (unpaired) electrons. The van der Waals surface area contributed by atoms with E-state index >= 15 is 0 Å². The minimum absolute atomic E-state index is 0.0299. The van der Waals surface area contributed by atoms with Crippen molar-refractivity contribution in [2.75, 3.05) is 7.05 Å². The minimum Gasteiger partial charge on any atom is -0.600 e. The predicted molar refractivity (Wildman–Crippen MR) is 36.8 cm³/mol. The van der Waals surface area contributed by atoms with Crippen LogP contribution in [0.15, 0.2) is 16.9 Å². The second-order valence-electron chi connectivity index (χ2n) is 2.65. The predicted octanol–water partition coefficient (Wildman–Crippen LogP) is 1.77. The third-order valence-electron chi connectivity index (χ3n) is 1.59. The van der Waals surface area contributed by atoms with E-state index in [1.807, 2.05) is 0 Å². The van der Waals surface area contributed by atoms with Crippen LogP contribution in [0, 0.1) is 5.21 Å². The molecule has 0 aromatic heterocycles. The maximum Gasteiger partial charge on any atom is 0.438 e. The highest BCUT2D eigenvalue weighted by Crippen LogP contribution is 2.28. The summed E-state index contributed by atoms with van der Waals surface area (Å²) in [5, 5.41) is 14.0. The summed E-state index contributed by atoms with van der Waals surface area (Å²) < 4.78 is 34.5. The third kappa shape index (κ3) is 1.49. The normalized spacial score (nSPS) is 30.2. The number of hydrogen-bond acceptors (Lipinski definition) is 2. The van der Waals surface area contributed by atoms with Gasteiger partial charge in [0.25, 0.3) is 0 Å². The molecule has 6 heteroatoms. The molecule has 68 valence electrons. The van der Waals surface area contributed by atoms with Gasteiger partial charge in [-0.1, -0.05) is 5.10 Å². The van der Waals surface area contributed by atoms with Gasteiger partial charge in [0.15, 0.2) is 0 Å². The average Bonchev–Trinajstić information content (AvgIpc) is 2.06. The number of rotatable bonds is 0.